The van der Waals surface area contributed by atoms with Gasteiger partial charge in [-0.15, -0.1) is 22.7 Å². The molecule has 0 spiro atoms. The normalized spacial score (nSPS) is 10.9. The van der Waals surface area contributed by atoms with Gasteiger partial charge in [0, 0.05) is 5.69 Å². The van der Waals surface area contributed by atoms with Crippen LogP contribution in [0.4, 0.5) is 5.69 Å². The molecule has 0 saturated heterocycles. The number of hydrogen-bond donors (Lipinski definition) is 1. The molecule has 102 valence electrons. The van der Waals surface area contributed by atoms with E-state index in [0.29, 0.717) is 19.9 Å². The molecule has 0 unspecified atom stereocenters. The highest BCUT2D eigenvalue weighted by atomic mass is 35.5. The van der Waals surface area contributed by atoms with Gasteiger partial charge in [-0.1, -0.05) is 23.2 Å². The molecule has 7 heteroatoms. The highest BCUT2D eigenvalue weighted by Gasteiger charge is 2.14. The molecule has 0 aliphatic rings. The number of rotatable bonds is 2. The summed E-state index contributed by atoms with van der Waals surface area (Å²) in [5.41, 5.74) is 2.04. The van der Waals surface area contributed by atoms with Gasteiger partial charge in [-0.25, -0.2) is 4.98 Å². The lowest BCUT2D eigenvalue weighted by Gasteiger charge is -2.03. The predicted octanol–water partition coefficient (Wildman–Crippen LogP) is 5.23. The maximum Gasteiger partial charge on any atom is 0.258 e. The van der Waals surface area contributed by atoms with Crippen LogP contribution in [0.15, 0.2) is 24.3 Å². The summed E-state index contributed by atoms with van der Waals surface area (Å²) in [5, 5.41) is 3.81. The Morgan fingerprint density at radius 3 is 2.75 bits per heavy atom. The molecule has 1 aromatic carbocycles. The Hall–Kier alpha value is -1.14. The number of halogens is 2. The average molecular weight is 343 g/mol. The molecular weight excluding hydrogens is 335 g/mol. The van der Waals surface area contributed by atoms with Crippen LogP contribution in [0.25, 0.3) is 10.2 Å². The second kappa shape index (κ2) is 5.33. The Morgan fingerprint density at radius 2 is 2.05 bits per heavy atom. The molecule has 0 radical (unpaired) electrons. The lowest BCUT2D eigenvalue weighted by atomic mass is 10.2. The van der Waals surface area contributed by atoms with Crippen LogP contribution in [0.5, 0.6) is 0 Å². The van der Waals surface area contributed by atoms with Gasteiger partial charge in [-0.2, -0.15) is 0 Å². The molecule has 2 heterocycles. The quantitative estimate of drug-likeness (QED) is 0.693. The van der Waals surface area contributed by atoms with E-state index < -0.39 is 0 Å². The van der Waals surface area contributed by atoms with Crippen LogP contribution in [-0.2, 0) is 0 Å². The molecule has 2 aromatic heterocycles. The number of nitrogens with one attached hydrogen (secondary N) is 1. The van der Waals surface area contributed by atoms with Gasteiger partial charge in [0.05, 0.1) is 25.1 Å². The van der Waals surface area contributed by atoms with E-state index in [1.165, 1.54) is 11.3 Å². The van der Waals surface area contributed by atoms with Crippen LogP contribution in [0.3, 0.4) is 0 Å². The Labute approximate surface area is 133 Å². The van der Waals surface area contributed by atoms with E-state index in [-0.39, 0.29) is 5.91 Å². The number of amides is 1. The van der Waals surface area contributed by atoms with Crippen LogP contribution in [-0.4, -0.2) is 10.9 Å². The van der Waals surface area contributed by atoms with E-state index >= 15 is 0 Å². The van der Waals surface area contributed by atoms with Gasteiger partial charge < -0.3 is 5.32 Å². The number of thiazole rings is 1. The first-order chi connectivity index (χ1) is 9.52. The first-order valence-corrected chi connectivity index (χ1v) is 8.05. The summed E-state index contributed by atoms with van der Waals surface area (Å²) >= 11 is 14.6. The fraction of sp³-hybridized carbons (Fsp3) is 0.0769. The first kappa shape index (κ1) is 13.8. The number of carbonyl (C=O) groups is 1. The second-order valence-electron chi connectivity index (χ2n) is 4.11. The molecule has 0 aliphatic heterocycles. The summed E-state index contributed by atoms with van der Waals surface area (Å²) in [5.74, 6) is -0.265. The van der Waals surface area contributed by atoms with Crippen molar-refractivity contribution in [1.82, 2.24) is 4.98 Å². The van der Waals surface area contributed by atoms with Crippen molar-refractivity contribution in [2.75, 3.05) is 5.32 Å². The number of fused-ring (bicyclic) bond motifs is 1. The summed E-state index contributed by atoms with van der Waals surface area (Å²) in [6.07, 6.45) is 0. The minimum absolute atomic E-state index is 0.265. The summed E-state index contributed by atoms with van der Waals surface area (Å²) in [6, 6.07) is 7.18. The fourth-order valence-electron chi connectivity index (χ4n) is 1.81. The zero-order valence-corrected chi connectivity index (χ0v) is 13.4. The number of benzene rings is 1. The Balaban J connectivity index is 1.88. The number of aryl methyl sites for hydroxylation is 1. The highest BCUT2D eigenvalue weighted by molar-refractivity contribution is 7.20. The van der Waals surface area contributed by atoms with E-state index in [1.54, 1.807) is 17.4 Å². The van der Waals surface area contributed by atoms with E-state index in [4.69, 9.17) is 23.2 Å². The highest BCUT2D eigenvalue weighted by Crippen LogP contribution is 2.32. The third-order valence-electron chi connectivity index (χ3n) is 2.65. The summed E-state index contributed by atoms with van der Waals surface area (Å²) in [6.45, 7) is 1.95. The zero-order chi connectivity index (χ0) is 14.3. The van der Waals surface area contributed by atoms with E-state index in [9.17, 15) is 4.79 Å². The fourth-order valence-corrected chi connectivity index (χ4v) is 4.14. The number of anilines is 1. The van der Waals surface area contributed by atoms with Crippen molar-refractivity contribution in [2.45, 2.75) is 6.92 Å². The lowest BCUT2D eigenvalue weighted by molar-refractivity contribution is 0.102. The van der Waals surface area contributed by atoms with Crippen molar-refractivity contribution in [3.8, 4) is 0 Å². The second-order valence-corrected chi connectivity index (χ2v) is 7.63. The molecule has 1 amide bonds. The predicted molar refractivity (Wildman–Crippen MR) is 86.6 cm³/mol. The molecule has 0 bridgehead atoms. The van der Waals surface area contributed by atoms with Gasteiger partial charge in [0.1, 0.15) is 4.34 Å². The monoisotopic (exact) mass is 342 g/mol. The summed E-state index contributed by atoms with van der Waals surface area (Å²) < 4.78 is 1.92. The molecule has 20 heavy (non-hydrogen) atoms. The molecule has 1 N–H and O–H groups in total. The van der Waals surface area contributed by atoms with Crippen molar-refractivity contribution in [2.24, 2.45) is 0 Å². The number of aromatic nitrogens is 1. The van der Waals surface area contributed by atoms with Gasteiger partial charge in [0.2, 0.25) is 0 Å². The van der Waals surface area contributed by atoms with Crippen LogP contribution >= 0.6 is 45.9 Å². The average Bonchev–Trinajstić information content (AvgIpc) is 2.90. The molecule has 0 atom stereocenters. The summed E-state index contributed by atoms with van der Waals surface area (Å²) in [4.78, 5) is 16.5. The molecule has 0 saturated carbocycles. The topological polar surface area (TPSA) is 42.0 Å². The standard InChI is InChI=1S/C13H8Cl2N2OS2/c1-6-16-9-3-2-7(4-10(9)19-6)17-13(18)8-5-11(14)20-12(8)15/h2-5H,1H3,(H,17,18). The van der Waals surface area contributed by atoms with E-state index in [0.717, 1.165) is 15.2 Å². The van der Waals surface area contributed by atoms with Gasteiger partial charge >= 0.3 is 0 Å². The minimum Gasteiger partial charge on any atom is -0.322 e. The van der Waals surface area contributed by atoms with Gasteiger partial charge in [-0.3, -0.25) is 4.79 Å². The number of hydrogen-bond acceptors (Lipinski definition) is 4. The van der Waals surface area contributed by atoms with Crippen LogP contribution in [0, 0.1) is 6.92 Å². The SMILES string of the molecule is Cc1nc2ccc(NC(=O)c3cc(Cl)sc3Cl)cc2s1. The van der Waals surface area contributed by atoms with Crippen LogP contribution in [0.1, 0.15) is 15.4 Å². The molecule has 3 nitrogen and oxygen atoms in total. The third-order valence-corrected chi connectivity index (χ3v) is 5.08. The number of carbonyl (C=O) groups excluding carboxylic acids is 1. The van der Waals surface area contributed by atoms with Gasteiger partial charge in [0.25, 0.3) is 5.91 Å². The van der Waals surface area contributed by atoms with Crippen molar-refractivity contribution in [3.63, 3.8) is 0 Å². The molecule has 3 rings (SSSR count). The van der Waals surface area contributed by atoms with Gasteiger partial charge in [0.15, 0.2) is 0 Å². The Morgan fingerprint density at radius 1 is 1.25 bits per heavy atom. The van der Waals surface area contributed by atoms with Gasteiger partial charge in [-0.05, 0) is 31.2 Å². The smallest absolute Gasteiger partial charge is 0.258 e. The van der Waals surface area contributed by atoms with Crippen molar-refractivity contribution >= 4 is 67.7 Å². The molecule has 0 aliphatic carbocycles. The van der Waals surface area contributed by atoms with Crippen molar-refractivity contribution in [3.05, 3.63) is 43.5 Å². The number of thiophene rings is 1. The maximum absolute atomic E-state index is 12.1. The van der Waals surface area contributed by atoms with Crippen molar-refractivity contribution in [1.29, 1.82) is 0 Å². The Bertz CT molecular complexity index is 810. The van der Waals surface area contributed by atoms with Crippen LogP contribution < -0.4 is 5.32 Å². The summed E-state index contributed by atoms with van der Waals surface area (Å²) in [7, 11) is 0. The Kier molecular flexibility index (Phi) is 3.69. The first-order valence-electron chi connectivity index (χ1n) is 5.66. The lowest BCUT2D eigenvalue weighted by Crippen LogP contribution is -2.11. The number of nitrogens with zero attached hydrogens (tertiary/aromatic N) is 1. The minimum atomic E-state index is -0.265. The third kappa shape index (κ3) is 2.67. The van der Waals surface area contributed by atoms with Crippen LogP contribution in [0.2, 0.25) is 8.67 Å². The maximum atomic E-state index is 12.1. The molecule has 3 aromatic rings. The van der Waals surface area contributed by atoms with E-state index in [2.05, 4.69) is 10.3 Å². The van der Waals surface area contributed by atoms with E-state index in [1.807, 2.05) is 25.1 Å². The largest absolute Gasteiger partial charge is 0.322 e. The zero-order valence-electron chi connectivity index (χ0n) is 10.2. The molecular formula is C13H8Cl2N2OS2. The molecule has 0 fully saturated rings. The van der Waals surface area contributed by atoms with Crippen molar-refractivity contribution < 1.29 is 4.79 Å².